The summed E-state index contributed by atoms with van der Waals surface area (Å²) < 4.78 is 0. The topological polar surface area (TPSA) is 24.4 Å². The molecule has 0 amide bonds. The van der Waals surface area contributed by atoms with Crippen LogP contribution in [0, 0.1) is 34.5 Å². The zero-order chi connectivity index (χ0) is 23.6. The maximum absolute atomic E-state index is 5.17. The summed E-state index contributed by atoms with van der Waals surface area (Å²) in [6, 6.07) is 0.639. The normalized spacial score (nSPS) is 42.4. The van der Waals surface area contributed by atoms with E-state index in [1.54, 1.807) is 5.57 Å². The van der Waals surface area contributed by atoms with E-state index in [0.29, 0.717) is 22.8 Å². The molecule has 3 saturated carbocycles. The molecule has 4 rings (SSSR count). The van der Waals surface area contributed by atoms with E-state index in [1.807, 2.05) is 6.08 Å². The highest BCUT2D eigenvalue weighted by Crippen LogP contribution is 2.66. The van der Waals surface area contributed by atoms with Crippen LogP contribution in [-0.2, 0) is 0 Å². The molecule has 0 spiro atoms. The number of nitrogens with zero attached hydrogens (tertiary/aromatic N) is 1. The van der Waals surface area contributed by atoms with E-state index in [-0.39, 0.29) is 0 Å². The highest BCUT2D eigenvalue weighted by atomic mass is 14.9. The van der Waals surface area contributed by atoms with Gasteiger partial charge in [0.05, 0.1) is 0 Å². The second kappa shape index (κ2) is 10.2. The summed E-state index contributed by atoms with van der Waals surface area (Å²) in [6.07, 6.45) is 18.9. The van der Waals surface area contributed by atoms with E-state index < -0.39 is 0 Å². The number of allylic oxidation sites excluding steroid dienone is 3. The predicted octanol–water partition coefficient (Wildman–Crippen LogP) is 7.92. The molecule has 3 aliphatic carbocycles. The quantitative estimate of drug-likeness (QED) is 0.227. The second-order valence-corrected chi connectivity index (χ2v) is 12.4. The summed E-state index contributed by atoms with van der Waals surface area (Å²) in [5, 5.41) is 3.59. The number of fused-ring (bicyclic) bond motifs is 3. The van der Waals surface area contributed by atoms with Crippen LogP contribution in [-0.4, -0.2) is 24.8 Å². The molecule has 33 heavy (non-hydrogen) atoms. The molecule has 2 nitrogen and oxygen atoms in total. The summed E-state index contributed by atoms with van der Waals surface area (Å²) in [5.74, 6) is 3.36. The predicted molar refractivity (Wildman–Crippen MR) is 144 cm³/mol. The largest absolute Gasteiger partial charge is 0.310 e. The Kier molecular flexibility index (Phi) is 7.73. The monoisotopic (exact) mass is 450 g/mol. The van der Waals surface area contributed by atoms with Gasteiger partial charge in [-0.05, 0) is 99.7 Å². The van der Waals surface area contributed by atoms with Crippen molar-refractivity contribution in [3.05, 3.63) is 36.5 Å². The Labute approximate surface area is 204 Å². The third-order valence-corrected chi connectivity index (χ3v) is 10.6. The van der Waals surface area contributed by atoms with Gasteiger partial charge in [-0.15, -0.1) is 0 Å². The second-order valence-electron chi connectivity index (χ2n) is 12.4. The van der Waals surface area contributed by atoms with E-state index >= 15 is 0 Å². The van der Waals surface area contributed by atoms with Gasteiger partial charge >= 0.3 is 0 Å². The highest BCUT2D eigenvalue weighted by molar-refractivity contribution is 5.85. The van der Waals surface area contributed by atoms with Crippen molar-refractivity contribution < 1.29 is 0 Å². The van der Waals surface area contributed by atoms with Crippen LogP contribution in [0.3, 0.4) is 0 Å². The van der Waals surface area contributed by atoms with Gasteiger partial charge in [-0.1, -0.05) is 63.6 Å². The third kappa shape index (κ3) is 4.71. The van der Waals surface area contributed by atoms with Crippen LogP contribution in [0.2, 0.25) is 0 Å². The molecule has 184 valence electrons. The summed E-state index contributed by atoms with van der Waals surface area (Å²) >= 11 is 0. The fourth-order valence-electron chi connectivity index (χ4n) is 8.98. The van der Waals surface area contributed by atoms with Crippen LogP contribution in [0.4, 0.5) is 0 Å². The Hall–Kier alpha value is -1.15. The molecule has 0 radical (unpaired) electrons. The zero-order valence-corrected chi connectivity index (χ0v) is 22.1. The van der Waals surface area contributed by atoms with E-state index in [2.05, 4.69) is 52.2 Å². The van der Waals surface area contributed by atoms with Crippen molar-refractivity contribution in [3.63, 3.8) is 0 Å². The molecule has 7 unspecified atom stereocenters. The lowest BCUT2D eigenvalue weighted by molar-refractivity contribution is -0.0408. The van der Waals surface area contributed by atoms with Gasteiger partial charge in [-0.25, -0.2) is 0 Å². The first-order chi connectivity index (χ1) is 15.8. The van der Waals surface area contributed by atoms with E-state index in [0.717, 1.165) is 37.3 Å². The minimum Gasteiger partial charge on any atom is -0.310 e. The molecular weight excluding hydrogens is 400 g/mol. The molecule has 2 heteroatoms. The molecule has 0 aromatic rings. The lowest BCUT2D eigenvalue weighted by atomic mass is 9.47. The first-order valence-electron chi connectivity index (χ1n) is 14.1. The molecule has 0 aromatic heterocycles. The van der Waals surface area contributed by atoms with Gasteiger partial charge < -0.3 is 5.32 Å². The molecule has 7 atom stereocenters. The van der Waals surface area contributed by atoms with Gasteiger partial charge in [0.25, 0.3) is 0 Å². The molecule has 0 bridgehead atoms. The number of aliphatic imine (C=N–C) groups is 1. The fraction of sp³-hybridized carbons (Fsp3) is 0.774. The standard InChI is InChI=1S/C31H50N2/c1-7-10-24-12-13-26-28-15-14-27(23(4)32-19-9-11-25-20-22(3)21-33-25)31(28,6)18-16-29(26)30(24,5)17-8-2/h7,10,25-29,33H,1,3,8-9,11-21H2,2,4-6H3/b24-10-,32-23?. The Morgan fingerprint density at radius 3 is 2.70 bits per heavy atom. The minimum absolute atomic E-state index is 0.383. The average molecular weight is 451 g/mol. The number of hydrogen-bond donors (Lipinski definition) is 1. The van der Waals surface area contributed by atoms with Crippen molar-refractivity contribution in [2.45, 2.75) is 104 Å². The number of rotatable bonds is 8. The van der Waals surface area contributed by atoms with Crippen molar-refractivity contribution in [2.75, 3.05) is 13.1 Å². The average Bonchev–Trinajstić information content (AvgIpc) is 3.36. The molecule has 1 saturated heterocycles. The summed E-state index contributed by atoms with van der Waals surface area (Å²) in [5.41, 5.74) is 5.36. The first kappa shape index (κ1) is 25.0. The summed E-state index contributed by atoms with van der Waals surface area (Å²) in [6.45, 7) is 20.1. The van der Waals surface area contributed by atoms with Crippen LogP contribution >= 0.6 is 0 Å². The maximum atomic E-state index is 5.17. The van der Waals surface area contributed by atoms with E-state index in [4.69, 9.17) is 4.99 Å². The van der Waals surface area contributed by atoms with Crippen LogP contribution in [0.5, 0.6) is 0 Å². The Bertz CT molecular complexity index is 791. The Balaban J connectivity index is 1.42. The maximum Gasteiger partial charge on any atom is 0.0389 e. The SMILES string of the molecule is C=C/C=C1/CCC2C(CCC3(C)C(C(C)=NCCCC4CC(=C)CN4)CCC23)C1(C)CCC. The van der Waals surface area contributed by atoms with E-state index in [1.165, 1.54) is 75.5 Å². The van der Waals surface area contributed by atoms with Crippen LogP contribution in [0.25, 0.3) is 0 Å². The lowest BCUT2D eigenvalue weighted by Crippen LogP contribution is -2.50. The number of nitrogens with one attached hydrogen (secondary N) is 1. The molecule has 1 N–H and O–H groups in total. The molecule has 1 aliphatic heterocycles. The van der Waals surface area contributed by atoms with Gasteiger partial charge in [0.15, 0.2) is 0 Å². The van der Waals surface area contributed by atoms with Crippen molar-refractivity contribution in [2.24, 2.45) is 39.5 Å². The van der Waals surface area contributed by atoms with Crippen LogP contribution < -0.4 is 5.32 Å². The zero-order valence-electron chi connectivity index (χ0n) is 22.1. The summed E-state index contributed by atoms with van der Waals surface area (Å²) in [7, 11) is 0. The van der Waals surface area contributed by atoms with Crippen LogP contribution in [0.1, 0.15) is 98.3 Å². The van der Waals surface area contributed by atoms with Crippen LogP contribution in [0.15, 0.2) is 41.4 Å². The minimum atomic E-state index is 0.383. The Morgan fingerprint density at radius 2 is 2.00 bits per heavy atom. The van der Waals surface area contributed by atoms with Gasteiger partial charge in [0.2, 0.25) is 0 Å². The van der Waals surface area contributed by atoms with Crippen molar-refractivity contribution >= 4 is 5.71 Å². The number of hydrogen-bond acceptors (Lipinski definition) is 2. The van der Waals surface area contributed by atoms with Gasteiger partial charge in [-0.2, -0.15) is 0 Å². The third-order valence-electron chi connectivity index (χ3n) is 10.6. The van der Waals surface area contributed by atoms with Crippen molar-refractivity contribution in [3.8, 4) is 0 Å². The molecule has 0 aromatic carbocycles. The summed E-state index contributed by atoms with van der Waals surface area (Å²) in [4.78, 5) is 5.17. The van der Waals surface area contributed by atoms with Gasteiger partial charge in [0, 0.05) is 30.8 Å². The van der Waals surface area contributed by atoms with Gasteiger partial charge in [-0.3, -0.25) is 4.99 Å². The molecule has 4 fully saturated rings. The van der Waals surface area contributed by atoms with Crippen molar-refractivity contribution in [1.82, 2.24) is 5.32 Å². The molecule has 4 aliphatic rings. The smallest absolute Gasteiger partial charge is 0.0389 e. The van der Waals surface area contributed by atoms with Gasteiger partial charge in [0.1, 0.15) is 0 Å². The molecular formula is C31H50N2. The molecule has 1 heterocycles. The van der Waals surface area contributed by atoms with Crippen molar-refractivity contribution in [1.29, 1.82) is 0 Å². The first-order valence-corrected chi connectivity index (χ1v) is 14.1. The Morgan fingerprint density at radius 1 is 1.18 bits per heavy atom. The highest BCUT2D eigenvalue weighted by Gasteiger charge is 2.58. The van der Waals surface area contributed by atoms with E-state index in [9.17, 15) is 0 Å². The lowest BCUT2D eigenvalue weighted by Gasteiger charge is -2.57. The fourth-order valence-corrected chi connectivity index (χ4v) is 8.98.